The molecule has 5 heterocycles. The molecule has 1 atom stereocenters. The fourth-order valence-electron chi connectivity index (χ4n) is 6.85. The zero-order valence-corrected chi connectivity index (χ0v) is 28.9. The maximum absolute atomic E-state index is 12.9. The van der Waals surface area contributed by atoms with Crippen molar-refractivity contribution in [2.45, 2.75) is 64.5 Å². The van der Waals surface area contributed by atoms with Gasteiger partial charge in [0.05, 0.1) is 11.8 Å². The van der Waals surface area contributed by atoms with Crippen molar-refractivity contribution in [3.05, 3.63) is 52.3 Å². The van der Waals surface area contributed by atoms with Crippen LogP contribution in [-0.2, 0) is 29.7 Å². The number of nitrogens with one attached hydrogen (secondary N) is 2. The van der Waals surface area contributed by atoms with Crippen molar-refractivity contribution in [2.75, 3.05) is 51.6 Å². The molecule has 0 aliphatic carbocycles. The average molecular weight is 704 g/mol. The number of halogens is 3. The number of rotatable bonds is 10. The predicted molar refractivity (Wildman–Crippen MR) is 181 cm³/mol. The summed E-state index contributed by atoms with van der Waals surface area (Å²) >= 11 is 1.06. The van der Waals surface area contributed by atoms with E-state index in [9.17, 15) is 26.9 Å². The van der Waals surface area contributed by atoms with Crippen LogP contribution in [0.15, 0.2) is 30.6 Å². The van der Waals surface area contributed by atoms with Crippen LogP contribution in [0.1, 0.15) is 41.5 Å². The van der Waals surface area contributed by atoms with Crippen molar-refractivity contribution in [3.8, 4) is 6.07 Å². The lowest BCUT2D eigenvalue weighted by Gasteiger charge is -2.37. The third-order valence-corrected chi connectivity index (χ3v) is 12.2. The van der Waals surface area contributed by atoms with E-state index in [-0.39, 0.29) is 17.0 Å². The van der Waals surface area contributed by atoms with E-state index in [2.05, 4.69) is 66.4 Å². The number of nitriles is 1. The molecule has 2 saturated heterocycles. The Morgan fingerprint density at radius 1 is 1.08 bits per heavy atom. The highest BCUT2D eigenvalue weighted by Gasteiger charge is 2.30. The molecule has 0 saturated carbocycles. The molecule has 48 heavy (non-hydrogen) atoms. The quantitative estimate of drug-likeness (QED) is 0.248. The highest BCUT2D eigenvalue weighted by Crippen LogP contribution is 2.33. The molecule has 2 fully saturated rings. The number of hydrogen-bond donors (Lipinski definition) is 2. The highest BCUT2D eigenvalue weighted by molar-refractivity contribution is 7.87. The molecule has 3 aromatic heterocycles. The second-order valence-corrected chi connectivity index (χ2v) is 15.7. The lowest BCUT2D eigenvalue weighted by Crippen LogP contribution is -2.54. The Balaban J connectivity index is 1.08. The monoisotopic (exact) mass is 703 g/mol. The summed E-state index contributed by atoms with van der Waals surface area (Å²) in [6, 6.07) is 10.4. The number of fused-ring (bicyclic) bond motifs is 2. The van der Waals surface area contributed by atoms with E-state index in [1.54, 1.807) is 6.07 Å². The summed E-state index contributed by atoms with van der Waals surface area (Å²) < 4.78 is 69.1. The smallest absolute Gasteiger partial charge is 0.367 e. The summed E-state index contributed by atoms with van der Waals surface area (Å²) in [5, 5.41) is 15.2. The Labute approximate surface area is 282 Å². The Kier molecular flexibility index (Phi) is 9.99. The summed E-state index contributed by atoms with van der Waals surface area (Å²) in [6.07, 6.45) is -2.09. The summed E-state index contributed by atoms with van der Waals surface area (Å²) in [4.78, 5) is 14.0. The van der Waals surface area contributed by atoms with Crippen LogP contribution in [-0.4, -0.2) is 102 Å². The number of piperazine rings is 1. The first kappa shape index (κ1) is 34.5. The van der Waals surface area contributed by atoms with Crippen LogP contribution in [0.3, 0.4) is 0 Å². The Morgan fingerprint density at radius 3 is 2.48 bits per heavy atom. The van der Waals surface area contributed by atoms with Crippen molar-refractivity contribution in [3.63, 3.8) is 0 Å². The van der Waals surface area contributed by atoms with Crippen molar-refractivity contribution >= 4 is 48.5 Å². The summed E-state index contributed by atoms with van der Waals surface area (Å²) in [5.74, 6) is 0.584. The van der Waals surface area contributed by atoms with Crippen LogP contribution in [0, 0.1) is 18.3 Å². The maximum atomic E-state index is 12.9. The van der Waals surface area contributed by atoms with Gasteiger partial charge in [-0.3, -0.25) is 9.80 Å². The summed E-state index contributed by atoms with van der Waals surface area (Å²) in [5.41, 5.74) is 3.98. The molecule has 6 rings (SSSR count). The van der Waals surface area contributed by atoms with Crippen LogP contribution < -0.4 is 10.0 Å². The van der Waals surface area contributed by atoms with Crippen LogP contribution in [0.2, 0.25) is 0 Å². The first-order chi connectivity index (χ1) is 22.8. The van der Waals surface area contributed by atoms with Crippen LogP contribution in [0.4, 0.5) is 19.0 Å². The molecule has 1 aromatic carbocycles. The molecule has 2 aliphatic heterocycles. The largest absolute Gasteiger partial charge is 0.393 e. The van der Waals surface area contributed by atoms with Gasteiger partial charge >= 0.3 is 6.18 Å². The standard InChI is InChI=1S/C32H40F3N9O2S2/c1-21(42-10-12-43(13-11-42)48(45,46)37-3)18-44-25(17-36)14-27-22(2)23(4-5-29(27)44)19-41-8-6-24(7-9-41)40-30-28-15-26(16-32(33,34)35)47-31(28)39-20-38-30/h4-5,14-15,20-21,24,37H,6-13,16,18-19H2,1-3H3,(H,38,39,40)/t21-/m0/s1. The van der Waals surface area contributed by atoms with E-state index >= 15 is 0 Å². The fraction of sp³-hybridized carbons (Fsp3) is 0.531. The van der Waals surface area contributed by atoms with Gasteiger partial charge in [0.2, 0.25) is 0 Å². The van der Waals surface area contributed by atoms with Crippen molar-refractivity contribution in [2.24, 2.45) is 0 Å². The van der Waals surface area contributed by atoms with Gasteiger partial charge in [0, 0.05) is 87.3 Å². The van der Waals surface area contributed by atoms with Crippen LogP contribution >= 0.6 is 11.3 Å². The SMILES string of the molecule is CNS(=O)(=O)N1CCN([C@@H](C)Cn2c(C#N)cc3c(C)c(CN4CCC(Nc5ncnc6sc(CC(F)(F)F)cc56)CC4)ccc32)CC1. The molecule has 16 heteroatoms. The molecule has 4 aromatic rings. The van der Waals surface area contributed by atoms with E-state index in [0.29, 0.717) is 54.5 Å². The van der Waals surface area contributed by atoms with Gasteiger partial charge in [-0.25, -0.2) is 14.7 Å². The van der Waals surface area contributed by atoms with Gasteiger partial charge in [0.1, 0.15) is 28.7 Å². The van der Waals surface area contributed by atoms with Crippen molar-refractivity contribution in [1.29, 1.82) is 5.26 Å². The van der Waals surface area contributed by atoms with E-state index in [4.69, 9.17) is 0 Å². The number of aryl methyl sites for hydroxylation is 1. The van der Waals surface area contributed by atoms with E-state index in [1.165, 1.54) is 23.2 Å². The molecule has 0 unspecified atom stereocenters. The number of aromatic nitrogens is 3. The van der Waals surface area contributed by atoms with Crippen LogP contribution in [0.5, 0.6) is 0 Å². The molecule has 0 radical (unpaired) electrons. The minimum Gasteiger partial charge on any atom is -0.367 e. The number of piperidine rings is 1. The van der Waals surface area contributed by atoms with Gasteiger partial charge < -0.3 is 9.88 Å². The lowest BCUT2D eigenvalue weighted by molar-refractivity contribution is -0.126. The number of alkyl halides is 3. The minimum absolute atomic E-state index is 0.113. The Morgan fingerprint density at radius 2 is 1.81 bits per heavy atom. The van der Waals surface area contributed by atoms with Crippen LogP contribution in [0.25, 0.3) is 21.1 Å². The van der Waals surface area contributed by atoms with E-state index in [0.717, 1.165) is 60.3 Å². The highest BCUT2D eigenvalue weighted by atomic mass is 32.2. The summed E-state index contributed by atoms with van der Waals surface area (Å²) in [6.45, 7) is 9.44. The molecular weight excluding hydrogens is 664 g/mol. The molecule has 0 spiro atoms. The summed E-state index contributed by atoms with van der Waals surface area (Å²) in [7, 11) is -2.01. The van der Waals surface area contributed by atoms with Gasteiger partial charge in [0.15, 0.2) is 0 Å². The van der Waals surface area contributed by atoms with Crippen molar-refractivity contribution < 1.29 is 21.6 Å². The van der Waals surface area contributed by atoms with E-state index < -0.39 is 22.8 Å². The molecule has 0 amide bonds. The second kappa shape index (κ2) is 13.9. The molecular formula is C32H40F3N9O2S2. The second-order valence-electron chi connectivity index (χ2n) is 12.7. The topological polar surface area (TPSA) is 122 Å². The number of hydrogen-bond acceptors (Lipinski definition) is 9. The zero-order chi connectivity index (χ0) is 34.2. The Hall–Kier alpha value is -3.33. The zero-order valence-electron chi connectivity index (χ0n) is 27.2. The third kappa shape index (κ3) is 7.46. The van der Waals surface area contributed by atoms with Crippen molar-refractivity contribution in [1.82, 2.24) is 33.4 Å². The number of anilines is 1. The first-order valence-corrected chi connectivity index (χ1v) is 18.3. The average Bonchev–Trinajstić information content (AvgIpc) is 3.63. The van der Waals surface area contributed by atoms with E-state index in [1.807, 2.05) is 6.07 Å². The number of likely N-dealkylation sites (tertiary alicyclic amines) is 1. The maximum Gasteiger partial charge on any atom is 0.393 e. The molecule has 0 bridgehead atoms. The Bertz CT molecular complexity index is 1920. The number of thiophene rings is 1. The van der Waals surface area contributed by atoms with Gasteiger partial charge in [-0.15, -0.1) is 11.3 Å². The first-order valence-electron chi connectivity index (χ1n) is 16.1. The van der Waals surface area contributed by atoms with Gasteiger partial charge in [0.25, 0.3) is 10.2 Å². The minimum atomic E-state index is -4.27. The van der Waals surface area contributed by atoms with Gasteiger partial charge in [-0.05, 0) is 56.0 Å². The molecule has 11 nitrogen and oxygen atoms in total. The number of benzene rings is 1. The molecule has 2 aliphatic rings. The normalized spacial score (nSPS) is 18.4. The fourth-order valence-corrected chi connectivity index (χ4v) is 8.78. The number of nitrogens with zero attached hydrogens (tertiary/aromatic N) is 7. The lowest BCUT2D eigenvalue weighted by atomic mass is 10.0. The van der Waals surface area contributed by atoms with Gasteiger partial charge in [-0.1, -0.05) is 6.07 Å². The van der Waals surface area contributed by atoms with Gasteiger partial charge in [-0.2, -0.15) is 31.2 Å². The predicted octanol–water partition coefficient (Wildman–Crippen LogP) is 4.48. The molecule has 2 N–H and O–H groups in total. The molecule has 258 valence electrons. The third-order valence-electron chi connectivity index (χ3n) is 9.60.